The third-order valence-electron chi connectivity index (χ3n) is 5.53. The van der Waals surface area contributed by atoms with E-state index in [4.69, 9.17) is 5.11 Å². The fourth-order valence-electron chi connectivity index (χ4n) is 3.94. The normalized spacial score (nSPS) is 12.0. The minimum absolute atomic E-state index is 0.934. The van der Waals surface area contributed by atoms with E-state index < -0.39 is 18.4 Å². The van der Waals surface area contributed by atoms with E-state index in [2.05, 4.69) is 50.2 Å². The van der Waals surface area contributed by atoms with Gasteiger partial charge in [-0.25, -0.2) is 0 Å². The van der Waals surface area contributed by atoms with Crippen LogP contribution in [0.3, 0.4) is 0 Å². The summed E-state index contributed by atoms with van der Waals surface area (Å²) in [5.41, 5.74) is 2.07. The van der Waals surface area contributed by atoms with Crippen molar-refractivity contribution in [1.29, 1.82) is 0 Å². The van der Waals surface area contributed by atoms with Crippen LogP contribution in [0.1, 0.15) is 59.3 Å². The van der Waals surface area contributed by atoms with Crippen LogP contribution in [0.25, 0.3) is 0 Å². The van der Waals surface area contributed by atoms with Crippen LogP contribution in [0.5, 0.6) is 0 Å². The molecule has 146 valence electrons. The van der Waals surface area contributed by atoms with Gasteiger partial charge in [-0.15, -0.1) is 0 Å². The Morgan fingerprint density at radius 3 is 1.70 bits per heavy atom. The first-order valence-corrected chi connectivity index (χ1v) is 18.3. The van der Waals surface area contributed by atoms with Gasteiger partial charge in [0.2, 0.25) is 0 Å². The first-order valence-electron chi connectivity index (χ1n) is 10.8. The molecule has 2 aromatic rings. The van der Waals surface area contributed by atoms with Crippen LogP contribution < -0.4 is 3.58 Å². The van der Waals surface area contributed by atoms with Gasteiger partial charge in [0.1, 0.15) is 0 Å². The van der Waals surface area contributed by atoms with Crippen LogP contribution in [-0.2, 0) is 0 Å². The van der Waals surface area contributed by atoms with E-state index in [-0.39, 0.29) is 0 Å². The monoisotopic (exact) mass is 472 g/mol. The minimum atomic E-state index is -2.49. The molecule has 0 spiro atoms. The molecule has 0 bridgehead atoms. The summed E-state index contributed by atoms with van der Waals surface area (Å²) in [6, 6.07) is 19.1. The molecule has 0 saturated heterocycles. The van der Waals surface area contributed by atoms with Crippen LogP contribution in [0.15, 0.2) is 64.8 Å². The zero-order chi connectivity index (χ0) is 19.4. The van der Waals surface area contributed by atoms with Crippen LogP contribution in [-0.4, -0.2) is 18.4 Å². The summed E-state index contributed by atoms with van der Waals surface area (Å²) in [7, 11) is 0. The first-order chi connectivity index (χ1) is 13.3. The van der Waals surface area contributed by atoms with E-state index in [0.29, 0.717) is 0 Å². The van der Waals surface area contributed by atoms with Gasteiger partial charge in [0.25, 0.3) is 0 Å². The summed E-state index contributed by atoms with van der Waals surface area (Å²) in [5.74, 6) is 0. The number of hydrogen-bond acceptors (Lipinski definition) is 2. The summed E-state index contributed by atoms with van der Waals surface area (Å²) >= 11 is -2.49. The molecule has 2 aromatic carbocycles. The average Bonchev–Trinajstić information content (AvgIpc) is 2.73. The zero-order valence-corrected chi connectivity index (χ0v) is 20.3. The molecule has 0 amide bonds. The third kappa shape index (κ3) is 6.74. The van der Waals surface area contributed by atoms with Crippen LogP contribution >= 0.6 is 0 Å². The average molecular weight is 471 g/mol. The van der Waals surface area contributed by atoms with Crippen molar-refractivity contribution in [3.63, 3.8) is 0 Å². The topological polar surface area (TPSA) is 24.7 Å². The number of unbranched alkanes of at least 4 members (excludes halogenated alkanes) is 3. The van der Waals surface area contributed by atoms with Crippen molar-refractivity contribution in [3.05, 3.63) is 54.6 Å². The molecule has 0 aliphatic heterocycles. The summed E-state index contributed by atoms with van der Waals surface area (Å²) in [6.07, 6.45) is 7.99. The summed E-state index contributed by atoms with van der Waals surface area (Å²) < 4.78 is 6.00. The first kappa shape index (κ1) is 22.1. The molecule has 0 saturated carbocycles. The Bertz CT molecular complexity index is 660. The van der Waals surface area contributed by atoms with Gasteiger partial charge in [-0.3, -0.25) is 0 Å². The Labute approximate surface area is 170 Å². The fourth-order valence-corrected chi connectivity index (χ4v) is 20.4. The molecule has 27 heavy (non-hydrogen) atoms. The molecule has 0 aromatic heterocycles. The van der Waals surface area contributed by atoms with Gasteiger partial charge in [-0.2, -0.15) is 0 Å². The molecule has 0 N–H and O–H groups in total. The van der Waals surface area contributed by atoms with Gasteiger partial charge >= 0.3 is 171 Å². The summed E-state index contributed by atoms with van der Waals surface area (Å²) in [6.45, 7) is 6.99. The predicted octanol–water partition coefficient (Wildman–Crippen LogP) is 8.16. The number of rotatable bonds is 12. The van der Waals surface area contributed by atoms with Crippen LogP contribution in [0.4, 0.5) is 11.4 Å². The van der Waals surface area contributed by atoms with Crippen molar-refractivity contribution in [2.75, 3.05) is 0 Å². The zero-order valence-electron chi connectivity index (χ0n) is 17.5. The van der Waals surface area contributed by atoms with Gasteiger partial charge < -0.3 is 0 Å². The van der Waals surface area contributed by atoms with E-state index in [0.717, 1.165) is 11.4 Å². The second-order valence-corrected chi connectivity index (χ2v) is 20.8. The van der Waals surface area contributed by atoms with Gasteiger partial charge in [-0.05, 0) is 0 Å². The van der Waals surface area contributed by atoms with Crippen LogP contribution in [0.2, 0.25) is 13.3 Å². The molecule has 0 aliphatic rings. The molecular formula is C24H36N2Sn. The van der Waals surface area contributed by atoms with Gasteiger partial charge in [-0.1, -0.05) is 0 Å². The van der Waals surface area contributed by atoms with Crippen molar-refractivity contribution >= 4 is 33.3 Å². The van der Waals surface area contributed by atoms with E-state index in [1.165, 1.54) is 51.8 Å². The number of hydrogen-bond donors (Lipinski definition) is 0. The molecule has 0 fully saturated rings. The maximum absolute atomic E-state index is 4.74. The molecule has 0 unspecified atom stereocenters. The number of benzene rings is 2. The maximum atomic E-state index is 4.74. The van der Waals surface area contributed by atoms with E-state index >= 15 is 0 Å². The SMILES string of the molecule is CCC[CH2][Sn]([CH2]CCC)([CH2]CCC)[c]1ccccc1N=Nc1ccccc1. The van der Waals surface area contributed by atoms with E-state index in [1.54, 1.807) is 3.58 Å². The third-order valence-corrected chi connectivity index (χ3v) is 21.2. The summed E-state index contributed by atoms with van der Waals surface area (Å²) in [5, 5.41) is 9.29. The van der Waals surface area contributed by atoms with Crippen molar-refractivity contribution in [1.82, 2.24) is 0 Å². The standard InChI is InChI=1S/C12H9N2.3C4H9.Sn/c1-3-7-11(8-4-1)13-14-12-9-5-2-6-10-12;3*1-3-4-2;/h1-9H;3*1,3-4H2,2H3;. The Balaban J connectivity index is 2.42. The molecule has 2 rings (SSSR count). The van der Waals surface area contributed by atoms with Crippen molar-refractivity contribution < 1.29 is 0 Å². The summed E-state index contributed by atoms with van der Waals surface area (Å²) in [4.78, 5) is 0. The second kappa shape index (κ2) is 12.3. The molecule has 0 heterocycles. The second-order valence-electron chi connectivity index (χ2n) is 7.64. The van der Waals surface area contributed by atoms with Crippen molar-refractivity contribution in [2.45, 2.75) is 72.6 Å². The van der Waals surface area contributed by atoms with Crippen molar-refractivity contribution in [3.8, 4) is 0 Å². The van der Waals surface area contributed by atoms with E-state index in [1.807, 2.05) is 30.3 Å². The van der Waals surface area contributed by atoms with Gasteiger partial charge in [0, 0.05) is 0 Å². The molecule has 0 atom stereocenters. The van der Waals surface area contributed by atoms with Gasteiger partial charge in [0.15, 0.2) is 0 Å². The fraction of sp³-hybridized carbons (Fsp3) is 0.500. The van der Waals surface area contributed by atoms with Gasteiger partial charge in [0.05, 0.1) is 0 Å². The van der Waals surface area contributed by atoms with E-state index in [9.17, 15) is 0 Å². The quantitative estimate of drug-likeness (QED) is 0.220. The molecule has 3 heteroatoms. The Kier molecular flexibility index (Phi) is 10.1. The predicted molar refractivity (Wildman–Crippen MR) is 122 cm³/mol. The Hall–Kier alpha value is -1.16. The molecule has 2 nitrogen and oxygen atoms in total. The number of nitrogens with zero attached hydrogens (tertiary/aromatic N) is 2. The van der Waals surface area contributed by atoms with Crippen molar-refractivity contribution in [2.24, 2.45) is 10.2 Å². The molecule has 0 aliphatic carbocycles. The number of azo groups is 1. The Morgan fingerprint density at radius 1 is 0.630 bits per heavy atom. The molecular weight excluding hydrogens is 435 g/mol. The van der Waals surface area contributed by atoms with Crippen LogP contribution in [0, 0.1) is 0 Å². The molecule has 0 radical (unpaired) electrons. The Morgan fingerprint density at radius 2 is 1.15 bits per heavy atom.